The Labute approximate surface area is 257 Å². The molecule has 4 rings (SSSR count). The molecule has 0 bridgehead atoms. The first-order valence-corrected chi connectivity index (χ1v) is 16.8. The van der Waals surface area contributed by atoms with Crippen LogP contribution in [0.4, 0.5) is 19.3 Å². The summed E-state index contributed by atoms with van der Waals surface area (Å²) in [6.07, 6.45) is 2.85. The first-order valence-electron chi connectivity index (χ1n) is 14.9. The number of nitrogens with zero attached hydrogens (tertiary/aromatic N) is 1. The molecule has 0 unspecified atom stereocenters. The van der Waals surface area contributed by atoms with Crippen molar-refractivity contribution in [3.05, 3.63) is 65.2 Å². The lowest BCUT2D eigenvalue weighted by Gasteiger charge is -2.39. The number of halogens is 2. The van der Waals surface area contributed by atoms with Crippen molar-refractivity contribution in [1.29, 1.82) is 0 Å². The average Bonchev–Trinajstić information content (AvgIpc) is 2.99. The first-order chi connectivity index (χ1) is 21.0. The molecule has 0 spiro atoms. The van der Waals surface area contributed by atoms with E-state index < -0.39 is 45.6 Å². The molecule has 4 atom stereocenters. The molecule has 13 heteroatoms. The maximum absolute atomic E-state index is 15.2. The van der Waals surface area contributed by atoms with Crippen molar-refractivity contribution in [2.24, 2.45) is 5.92 Å². The summed E-state index contributed by atoms with van der Waals surface area (Å²) in [5, 5.41) is 8.77. The van der Waals surface area contributed by atoms with Gasteiger partial charge in [0, 0.05) is 55.6 Å². The second-order valence-corrected chi connectivity index (χ2v) is 13.4. The highest BCUT2D eigenvalue weighted by Gasteiger charge is 2.38. The Bertz CT molecular complexity index is 1390. The molecule has 0 aliphatic carbocycles. The molecule has 2 aromatic carbocycles. The van der Waals surface area contributed by atoms with E-state index in [9.17, 15) is 22.4 Å². The van der Waals surface area contributed by atoms with Crippen LogP contribution < -0.4 is 16.0 Å². The fourth-order valence-electron chi connectivity index (χ4n) is 6.48. The maximum Gasteiger partial charge on any atom is 0.407 e. The third-order valence-electron chi connectivity index (χ3n) is 8.47. The number of carbonyl (C=O) groups is 2. The van der Waals surface area contributed by atoms with E-state index in [-0.39, 0.29) is 35.7 Å². The number of alkyl carbamates (subject to hydrolysis) is 1. The van der Waals surface area contributed by atoms with Gasteiger partial charge in [-0.15, -0.1) is 0 Å². The summed E-state index contributed by atoms with van der Waals surface area (Å²) in [4.78, 5) is 26.4. The second-order valence-electron chi connectivity index (χ2n) is 11.5. The van der Waals surface area contributed by atoms with Gasteiger partial charge in [-0.05, 0) is 74.8 Å². The summed E-state index contributed by atoms with van der Waals surface area (Å²) >= 11 is 0. The predicted molar refractivity (Wildman–Crippen MR) is 163 cm³/mol. The third kappa shape index (κ3) is 8.52. The van der Waals surface area contributed by atoms with Gasteiger partial charge in [0.25, 0.3) is 0 Å². The molecular weight excluding hydrogens is 594 g/mol. The summed E-state index contributed by atoms with van der Waals surface area (Å²) in [7, 11) is -2.23. The van der Waals surface area contributed by atoms with Gasteiger partial charge in [-0.2, -0.15) is 4.31 Å². The normalized spacial score (nSPS) is 21.3. The van der Waals surface area contributed by atoms with Crippen LogP contribution >= 0.6 is 0 Å². The quantitative estimate of drug-likeness (QED) is 0.343. The van der Waals surface area contributed by atoms with Gasteiger partial charge >= 0.3 is 6.09 Å². The number of sulfonamides is 1. The molecule has 0 saturated carbocycles. The number of rotatable bonds is 11. The Morgan fingerprint density at radius 3 is 2.48 bits per heavy atom. The molecule has 3 N–H and O–H groups in total. The minimum absolute atomic E-state index is 0.0709. The lowest BCUT2D eigenvalue weighted by molar-refractivity contribution is -0.119. The van der Waals surface area contributed by atoms with Crippen LogP contribution in [-0.4, -0.2) is 82.5 Å². The molecule has 242 valence electrons. The number of ether oxygens (including phenoxy) is 2. The van der Waals surface area contributed by atoms with Crippen LogP contribution in [0.3, 0.4) is 0 Å². The molecular formula is C31H42F2N4O6S. The number of methoxy groups -OCH3 is 1. The van der Waals surface area contributed by atoms with Crippen molar-refractivity contribution in [2.45, 2.75) is 63.1 Å². The molecule has 2 saturated heterocycles. The fraction of sp³-hybridized carbons (Fsp3) is 0.548. The topological polar surface area (TPSA) is 126 Å². The molecule has 2 fully saturated rings. The summed E-state index contributed by atoms with van der Waals surface area (Å²) < 4.78 is 65.8. The Hall–Kier alpha value is -3.13. The van der Waals surface area contributed by atoms with Gasteiger partial charge < -0.3 is 25.4 Å². The standard InChI is InChI=1S/C31H42F2N4O6S/c1-20-18-34-19-24(37(20)44(3,40)41)6-4-7-25-26(33)8-5-9-27(25)35-30(38)29(36-31(39)42-2)28(22-14-16-43-17-15-22)21-10-12-23(32)13-11-21/h5,8-13,20,22,24,28-29,34H,4,6-7,14-19H2,1-3H3,(H,35,38)(H,36,39)/t20-,24+,28+,29+/m1/s1. The van der Waals surface area contributed by atoms with E-state index in [1.165, 1.54) is 41.9 Å². The highest BCUT2D eigenvalue weighted by molar-refractivity contribution is 7.88. The zero-order chi connectivity index (χ0) is 31.9. The fourth-order valence-corrected chi connectivity index (χ4v) is 7.93. The van der Waals surface area contributed by atoms with Gasteiger partial charge in [0.15, 0.2) is 0 Å². The van der Waals surface area contributed by atoms with Crippen molar-refractivity contribution in [3.8, 4) is 0 Å². The summed E-state index contributed by atoms with van der Waals surface area (Å²) in [5.41, 5.74) is 1.21. The Morgan fingerprint density at radius 1 is 1.11 bits per heavy atom. The van der Waals surface area contributed by atoms with Crippen LogP contribution in [0.5, 0.6) is 0 Å². The SMILES string of the molecule is COC(=O)N[C@H](C(=O)Nc1cccc(F)c1CCC[C@H]1CNC[C@@H](C)N1S(C)(=O)=O)[C@@H](c1ccc(F)cc1)C1CCOCC1. The van der Waals surface area contributed by atoms with Crippen LogP contribution in [-0.2, 0) is 30.7 Å². The zero-order valence-electron chi connectivity index (χ0n) is 25.4. The average molecular weight is 637 g/mol. The Balaban J connectivity index is 1.57. The predicted octanol–water partition coefficient (Wildman–Crippen LogP) is 3.78. The zero-order valence-corrected chi connectivity index (χ0v) is 26.2. The first kappa shape index (κ1) is 33.8. The van der Waals surface area contributed by atoms with Gasteiger partial charge in [0.2, 0.25) is 15.9 Å². The summed E-state index contributed by atoms with van der Waals surface area (Å²) in [6, 6.07) is 8.63. The van der Waals surface area contributed by atoms with E-state index in [0.717, 1.165) is 0 Å². The number of hydrogen-bond donors (Lipinski definition) is 3. The molecule has 0 radical (unpaired) electrons. The number of benzene rings is 2. The van der Waals surface area contributed by atoms with Gasteiger partial charge in [-0.1, -0.05) is 18.2 Å². The maximum atomic E-state index is 15.2. The van der Waals surface area contributed by atoms with E-state index in [1.54, 1.807) is 18.2 Å². The van der Waals surface area contributed by atoms with Crippen LogP contribution in [0.1, 0.15) is 49.7 Å². The number of nitrogens with one attached hydrogen (secondary N) is 3. The monoisotopic (exact) mass is 636 g/mol. The van der Waals surface area contributed by atoms with E-state index >= 15 is 4.39 Å². The molecule has 2 heterocycles. The molecule has 10 nitrogen and oxygen atoms in total. The number of anilines is 1. The van der Waals surface area contributed by atoms with Crippen molar-refractivity contribution in [1.82, 2.24) is 14.9 Å². The largest absolute Gasteiger partial charge is 0.453 e. The molecule has 2 aliphatic heterocycles. The Morgan fingerprint density at radius 2 is 1.82 bits per heavy atom. The lowest BCUT2D eigenvalue weighted by Crippen LogP contribution is -2.57. The highest BCUT2D eigenvalue weighted by atomic mass is 32.2. The molecule has 2 aromatic rings. The molecule has 0 aromatic heterocycles. The van der Waals surface area contributed by atoms with Crippen molar-refractivity contribution >= 4 is 27.7 Å². The smallest absolute Gasteiger partial charge is 0.407 e. The third-order valence-corrected chi connectivity index (χ3v) is 9.89. The second kappa shape index (κ2) is 15.2. The minimum atomic E-state index is -3.43. The number of piperazine rings is 1. The van der Waals surface area contributed by atoms with Gasteiger partial charge in [-0.25, -0.2) is 22.0 Å². The Kier molecular flexibility index (Phi) is 11.7. The van der Waals surface area contributed by atoms with E-state index in [0.29, 0.717) is 57.6 Å². The van der Waals surface area contributed by atoms with E-state index in [1.807, 2.05) is 6.92 Å². The molecule has 2 aliphatic rings. The minimum Gasteiger partial charge on any atom is -0.453 e. The summed E-state index contributed by atoms with van der Waals surface area (Å²) in [5.74, 6) is -2.12. The number of carbonyl (C=O) groups excluding carboxylic acids is 2. The number of hydrogen-bond acceptors (Lipinski definition) is 7. The van der Waals surface area contributed by atoms with Crippen LogP contribution in [0.25, 0.3) is 0 Å². The van der Waals surface area contributed by atoms with Crippen molar-refractivity contribution in [2.75, 3.05) is 45.0 Å². The van der Waals surface area contributed by atoms with Crippen molar-refractivity contribution in [3.63, 3.8) is 0 Å². The lowest BCUT2D eigenvalue weighted by atomic mass is 9.76. The van der Waals surface area contributed by atoms with Gasteiger partial charge in [0.1, 0.15) is 17.7 Å². The van der Waals surface area contributed by atoms with E-state index in [4.69, 9.17) is 9.47 Å². The van der Waals surface area contributed by atoms with Gasteiger partial charge in [0.05, 0.1) is 13.4 Å². The molecule has 44 heavy (non-hydrogen) atoms. The molecule has 2 amide bonds. The number of amides is 2. The van der Waals surface area contributed by atoms with Gasteiger partial charge in [-0.3, -0.25) is 4.79 Å². The van der Waals surface area contributed by atoms with Crippen LogP contribution in [0.15, 0.2) is 42.5 Å². The highest BCUT2D eigenvalue weighted by Crippen LogP contribution is 2.36. The van der Waals surface area contributed by atoms with Crippen LogP contribution in [0.2, 0.25) is 0 Å². The summed E-state index contributed by atoms with van der Waals surface area (Å²) in [6.45, 7) is 3.86. The van der Waals surface area contributed by atoms with E-state index in [2.05, 4.69) is 16.0 Å². The van der Waals surface area contributed by atoms with Crippen LogP contribution in [0, 0.1) is 17.6 Å². The van der Waals surface area contributed by atoms with Crippen molar-refractivity contribution < 1.29 is 36.3 Å².